The molecule has 6 aliphatic rings. The normalized spacial score (nSPS) is 22.0. The van der Waals surface area contributed by atoms with E-state index in [-0.39, 0.29) is 34.4 Å². The zero-order chi connectivity index (χ0) is 43.0. The fraction of sp³-hybridized carbons (Fsp3) is 0.444. The number of hydrogen-bond donors (Lipinski definition) is 2. The van der Waals surface area contributed by atoms with E-state index in [0.717, 1.165) is 93.1 Å². The number of fused-ring (bicyclic) bond motifs is 4. The van der Waals surface area contributed by atoms with Crippen LogP contribution in [0.5, 0.6) is 11.5 Å². The van der Waals surface area contributed by atoms with Crippen molar-refractivity contribution < 1.29 is 36.8 Å². The molecule has 0 radical (unpaired) electrons. The third kappa shape index (κ3) is 7.03. The number of amides is 3. The number of para-hydroxylation sites is 1. The first-order chi connectivity index (χ1) is 30.5. The Balaban J connectivity index is 0.704. The number of hydrogen-bond acceptors (Lipinski definition) is 13. The minimum atomic E-state index is -4.16. The lowest BCUT2D eigenvalue weighted by Crippen LogP contribution is -2.60. The molecule has 8 heterocycles. The summed E-state index contributed by atoms with van der Waals surface area (Å²) >= 11 is 0. The van der Waals surface area contributed by atoms with Crippen molar-refractivity contribution in [2.24, 2.45) is 11.3 Å². The molecule has 1 spiro atoms. The number of piperidine rings is 2. The van der Waals surface area contributed by atoms with Crippen molar-refractivity contribution in [1.82, 2.24) is 30.1 Å². The Morgan fingerprint density at radius 1 is 1.00 bits per heavy atom. The van der Waals surface area contributed by atoms with Crippen LogP contribution in [0, 0.1) is 11.3 Å². The Hall–Kier alpha value is -6.14. The van der Waals surface area contributed by atoms with Gasteiger partial charge in [0.25, 0.3) is 15.9 Å². The second kappa shape index (κ2) is 15.3. The quantitative estimate of drug-likeness (QED) is 0.182. The van der Waals surface area contributed by atoms with Crippen molar-refractivity contribution in [2.45, 2.75) is 62.6 Å². The van der Waals surface area contributed by atoms with Gasteiger partial charge in [0.1, 0.15) is 22.1 Å². The molecule has 2 atom stereocenters. The summed E-state index contributed by atoms with van der Waals surface area (Å²) in [5, 5.41) is 11.3. The van der Waals surface area contributed by atoms with Gasteiger partial charge >= 0.3 is 0 Å². The second-order valence-electron chi connectivity index (χ2n) is 18.0. The maximum atomic E-state index is 14.1. The number of nitrogens with zero attached hydrogens (tertiary/aromatic N) is 7. The minimum Gasteiger partial charge on any atom is -0.493 e. The predicted octanol–water partition coefficient (Wildman–Crippen LogP) is 4.01. The average Bonchev–Trinajstić information content (AvgIpc) is 4.13. The molecule has 0 unspecified atom stereocenters. The molecular formula is C45H49N9O8S. The molecule has 3 aromatic carbocycles. The van der Waals surface area contributed by atoms with E-state index in [4.69, 9.17) is 14.0 Å². The monoisotopic (exact) mass is 875 g/mol. The zero-order valence-corrected chi connectivity index (χ0v) is 35.9. The lowest BCUT2D eigenvalue weighted by atomic mass is 9.71. The van der Waals surface area contributed by atoms with Crippen molar-refractivity contribution in [1.29, 1.82) is 0 Å². The molecule has 0 aliphatic carbocycles. The number of rotatable bonds is 11. The van der Waals surface area contributed by atoms with Gasteiger partial charge in [-0.05, 0) is 98.3 Å². The molecule has 4 saturated heterocycles. The van der Waals surface area contributed by atoms with Crippen LogP contribution in [-0.2, 0) is 39.1 Å². The van der Waals surface area contributed by atoms with E-state index < -0.39 is 22.0 Å². The minimum absolute atomic E-state index is 0.0236. The number of nitrogens with one attached hydrogen (secondary N) is 2. The Morgan fingerprint density at radius 2 is 1.86 bits per heavy atom. The Morgan fingerprint density at radius 3 is 2.65 bits per heavy atom. The largest absolute Gasteiger partial charge is 0.493 e. The van der Waals surface area contributed by atoms with E-state index in [1.807, 2.05) is 41.2 Å². The maximum Gasteiger partial charge on any atom is 0.266 e. The number of imide groups is 1. The topological polar surface area (TPSA) is 185 Å². The highest BCUT2D eigenvalue weighted by atomic mass is 32.2. The van der Waals surface area contributed by atoms with Gasteiger partial charge in [-0.3, -0.25) is 29.1 Å². The number of benzene rings is 3. The molecule has 17 nitrogen and oxygen atoms in total. The Labute approximate surface area is 364 Å². The first-order valence-electron chi connectivity index (χ1n) is 21.8. The van der Waals surface area contributed by atoms with Crippen molar-refractivity contribution in [3.63, 3.8) is 0 Å². The van der Waals surface area contributed by atoms with Gasteiger partial charge in [0.15, 0.2) is 17.2 Å². The lowest BCUT2D eigenvalue weighted by Gasteiger charge is -2.55. The van der Waals surface area contributed by atoms with Gasteiger partial charge in [0, 0.05) is 86.7 Å². The zero-order valence-electron chi connectivity index (χ0n) is 35.0. The van der Waals surface area contributed by atoms with Gasteiger partial charge in [0.2, 0.25) is 11.8 Å². The molecule has 5 aromatic rings. The summed E-state index contributed by atoms with van der Waals surface area (Å²) in [4.78, 5) is 46.3. The van der Waals surface area contributed by atoms with Crippen molar-refractivity contribution in [2.75, 3.05) is 74.1 Å². The molecule has 3 amide bonds. The SMILES string of the molecule is COc1c(N2CC3(CCN(C[C@@H]4CCN(c5ccc6c(c5)CN([C@H]5CCC(=O)NC5=O)C6=O)C4)CC3)C2)cccc1S(=O)(=O)Nc1noc2cc(Cn3cccn3)c3c(c12)OCC3. The predicted molar refractivity (Wildman–Crippen MR) is 231 cm³/mol. The Bertz CT molecular complexity index is 2760. The van der Waals surface area contributed by atoms with Crippen LogP contribution < -0.4 is 29.3 Å². The third-order valence-corrected chi connectivity index (χ3v) is 15.4. The number of anilines is 3. The van der Waals surface area contributed by atoms with Gasteiger partial charge in [-0.25, -0.2) is 8.42 Å². The van der Waals surface area contributed by atoms with Crippen LogP contribution in [0.3, 0.4) is 0 Å². The standard InChI is InChI=1S/C45H49N9O8S/c1-60-41-34(4-2-5-37(41)63(58,59)49-42-39-36(62-48-42)21-30(24-53-15-3-14-46-53)32-11-19-61-40(32)39)52-26-45(27-52)12-17-50(18-13-45)22-28-10-16-51(23-28)31-6-7-33-29(20-31)25-54(44(33)57)35-8-9-38(55)47-43(35)56/h2-7,14-15,20-21,28,35H,8-13,16-19,22-27H2,1H3,(H,48,49)(H,47,55,56)/t28-,35-/m0/s1. The van der Waals surface area contributed by atoms with Crippen LogP contribution in [0.25, 0.3) is 11.0 Å². The van der Waals surface area contributed by atoms with E-state index in [1.165, 1.54) is 7.11 Å². The smallest absolute Gasteiger partial charge is 0.266 e. The van der Waals surface area contributed by atoms with E-state index in [2.05, 4.69) is 41.1 Å². The summed E-state index contributed by atoms with van der Waals surface area (Å²) in [7, 11) is -2.65. The molecule has 18 heteroatoms. The van der Waals surface area contributed by atoms with E-state index in [0.29, 0.717) is 66.5 Å². The average molecular weight is 876 g/mol. The number of carbonyl (C=O) groups excluding carboxylic acids is 3. The lowest BCUT2D eigenvalue weighted by molar-refractivity contribution is -0.136. The highest BCUT2D eigenvalue weighted by Crippen LogP contribution is 2.48. The van der Waals surface area contributed by atoms with Crippen molar-refractivity contribution in [3.05, 3.63) is 83.2 Å². The summed E-state index contributed by atoms with van der Waals surface area (Å²) in [6.07, 6.45) is 8.12. The maximum absolute atomic E-state index is 14.1. The molecule has 11 rings (SSSR count). The van der Waals surface area contributed by atoms with Gasteiger partial charge in [-0.1, -0.05) is 11.2 Å². The molecule has 0 saturated carbocycles. The van der Waals surface area contributed by atoms with E-state index >= 15 is 0 Å². The summed E-state index contributed by atoms with van der Waals surface area (Å²) in [6.45, 7) is 7.99. The number of ether oxygens (including phenoxy) is 2. The summed E-state index contributed by atoms with van der Waals surface area (Å²) in [5.74, 6) is 0.643. The summed E-state index contributed by atoms with van der Waals surface area (Å²) in [6, 6.07) is 14.4. The highest BCUT2D eigenvalue weighted by Gasteiger charge is 2.46. The van der Waals surface area contributed by atoms with Crippen LogP contribution in [0.4, 0.5) is 17.2 Å². The molecule has 6 aliphatic heterocycles. The number of carbonyl (C=O) groups is 3. The van der Waals surface area contributed by atoms with Crippen molar-refractivity contribution in [3.8, 4) is 11.5 Å². The van der Waals surface area contributed by atoms with Crippen LogP contribution in [0.1, 0.15) is 59.2 Å². The molecule has 2 aromatic heterocycles. The molecule has 0 bridgehead atoms. The molecular weight excluding hydrogens is 827 g/mol. The van der Waals surface area contributed by atoms with Crippen LogP contribution >= 0.6 is 0 Å². The third-order valence-electron chi connectivity index (χ3n) is 14.1. The second-order valence-corrected chi connectivity index (χ2v) is 19.6. The Kier molecular flexibility index (Phi) is 9.63. The van der Waals surface area contributed by atoms with Crippen molar-refractivity contribution >= 4 is 55.9 Å². The van der Waals surface area contributed by atoms with Crippen LogP contribution in [0.15, 0.2) is 70.3 Å². The van der Waals surface area contributed by atoms with Crippen LogP contribution in [0.2, 0.25) is 0 Å². The number of methoxy groups -OCH3 is 1. The van der Waals surface area contributed by atoms with Gasteiger partial charge < -0.3 is 33.6 Å². The van der Waals surface area contributed by atoms with Gasteiger partial charge in [0.05, 0.1) is 25.9 Å². The molecule has 4 fully saturated rings. The fourth-order valence-electron chi connectivity index (χ4n) is 10.8. The van der Waals surface area contributed by atoms with E-state index in [1.54, 1.807) is 23.2 Å². The molecule has 63 heavy (non-hydrogen) atoms. The number of aromatic nitrogens is 3. The first kappa shape index (κ1) is 39.7. The fourth-order valence-corrected chi connectivity index (χ4v) is 12.0. The van der Waals surface area contributed by atoms with Gasteiger partial charge in [-0.15, -0.1) is 0 Å². The molecule has 328 valence electrons. The van der Waals surface area contributed by atoms with E-state index in [9.17, 15) is 22.8 Å². The summed E-state index contributed by atoms with van der Waals surface area (Å²) < 4.78 is 50.3. The first-order valence-corrected chi connectivity index (χ1v) is 23.3. The molecule has 2 N–H and O–H groups in total. The number of likely N-dealkylation sites (tertiary alicyclic amines) is 1. The van der Waals surface area contributed by atoms with Crippen LogP contribution in [-0.4, -0.2) is 116 Å². The highest BCUT2D eigenvalue weighted by molar-refractivity contribution is 7.92. The number of sulfonamides is 1. The summed E-state index contributed by atoms with van der Waals surface area (Å²) in [5.41, 5.74) is 5.97. The van der Waals surface area contributed by atoms with Gasteiger partial charge in [-0.2, -0.15) is 5.10 Å².